The highest BCUT2D eigenvalue weighted by atomic mass is 16.8. The Morgan fingerprint density at radius 2 is 0.397 bits per heavy atom. The summed E-state index contributed by atoms with van der Waals surface area (Å²) in [6.07, 6.45) is -9.46. The van der Waals surface area contributed by atoms with Crippen molar-refractivity contribution in [2.75, 3.05) is 0 Å². The second kappa shape index (κ2) is 16.2. The van der Waals surface area contributed by atoms with Crippen molar-refractivity contribution in [3.8, 4) is 0 Å². The van der Waals surface area contributed by atoms with Crippen LogP contribution in [0, 0.1) is 162 Å². The van der Waals surface area contributed by atoms with Crippen LogP contribution in [0.3, 0.4) is 0 Å². The lowest BCUT2D eigenvalue weighted by Gasteiger charge is -2.53. The number of aliphatic imine (C=N–C) groups is 4. The van der Waals surface area contributed by atoms with E-state index in [-0.39, 0.29) is 0 Å². The first kappa shape index (κ1) is 53.8. The molecule has 4 atom stereocenters. The molecule has 392 valence electrons. The molecule has 0 saturated heterocycles. The topological polar surface area (TPSA) is 836 Å². The molecule has 0 bridgehead atoms. The number of rotatable bonds is 20. The van der Waals surface area contributed by atoms with Crippen LogP contribution in [0.5, 0.6) is 0 Å². The molecule has 4 rings (SSSR count). The zero-order valence-electron chi connectivity index (χ0n) is 32.6. The summed E-state index contributed by atoms with van der Waals surface area (Å²) >= 11 is 0. The minimum Gasteiger partial charge on any atom is -0.390 e. The standard InChI is InChI=1S/C12H8BN28O32/c42-26(43)1-14-5(22-18-1,9(30(50)51,31(52)53)32(54)55)13(6(15-2(19-23-6)27(44)45)10(33(56)57,34(58)59)35(60)61,7(16-3(20-24-7)28(46)47)11(36(62)63,37(64)65)38(66)67)8(17-4(21-25-8)29(48)49)12(39(68)69,40(70)71)41(72)73/h22-25H,(H,14,18)(H,15,19)(H,16,20)(H,17,21)/q-1. The average Bonchev–Trinajstić information content (AvgIpc) is 4.05. The molecule has 4 aliphatic heterocycles. The molecule has 0 radical (unpaired) electrons. The third-order valence-corrected chi connectivity index (χ3v) is 10.9. The van der Waals surface area contributed by atoms with E-state index in [2.05, 4.69) is 20.0 Å². The molecule has 0 fully saturated rings. The van der Waals surface area contributed by atoms with Gasteiger partial charge >= 0.3 is 75.4 Å². The highest BCUT2D eigenvalue weighted by Gasteiger charge is 3.22. The van der Waals surface area contributed by atoms with Crippen LogP contribution >= 0.6 is 0 Å². The predicted octanol–water partition coefficient (Wildman–Crippen LogP) is -10.7. The summed E-state index contributed by atoms with van der Waals surface area (Å²) in [7, 11) is 0. The summed E-state index contributed by atoms with van der Waals surface area (Å²) in [6, 6.07) is 0. The minimum atomic E-state index is -9.46. The lowest BCUT2D eigenvalue weighted by Crippen LogP contribution is -3.11. The maximum absolute atomic E-state index is 13.5. The van der Waals surface area contributed by atoms with E-state index in [0.717, 1.165) is 0 Å². The molecule has 61 heteroatoms. The lowest BCUT2D eigenvalue weighted by atomic mass is 8.99. The van der Waals surface area contributed by atoms with Gasteiger partial charge in [-0.25, -0.2) is 0 Å². The molecule has 0 saturated carbocycles. The summed E-state index contributed by atoms with van der Waals surface area (Å²) in [5.74, 6) is -41.8. The zero-order chi connectivity index (χ0) is 56.5. The summed E-state index contributed by atoms with van der Waals surface area (Å²) in [5, 5.41) is 212. The molecule has 60 nitrogen and oxygen atoms in total. The van der Waals surface area contributed by atoms with E-state index < -0.39 is 154 Å². The molecular formula is C12H8BN28O32-. The fourth-order valence-corrected chi connectivity index (χ4v) is 8.74. The van der Waals surface area contributed by atoms with Crippen LogP contribution in [-0.4, -0.2) is 154 Å². The number of nitrogens with zero attached hydrogens (tertiary/aromatic N) is 20. The summed E-state index contributed by atoms with van der Waals surface area (Å²) < 4.78 is 0. The number of hydrogen-bond donors (Lipinski definition) is 8. The van der Waals surface area contributed by atoms with Crippen LogP contribution in [0.15, 0.2) is 20.0 Å². The van der Waals surface area contributed by atoms with Gasteiger partial charge in [0.25, 0.3) is 0 Å². The third-order valence-electron chi connectivity index (χ3n) is 10.9. The normalized spacial score (nSPS) is 24.3. The van der Waals surface area contributed by atoms with Crippen molar-refractivity contribution in [2.45, 2.75) is 45.4 Å². The average molecular weight is 1070 g/mol. The molecule has 4 unspecified atom stereocenters. The summed E-state index contributed by atoms with van der Waals surface area (Å²) in [4.78, 5) is 170. The minimum absolute atomic E-state index is 0.315. The first-order valence-corrected chi connectivity index (χ1v) is 16.4. The van der Waals surface area contributed by atoms with Gasteiger partial charge in [0.2, 0.25) is 0 Å². The fraction of sp³-hybridized carbons (Fsp3) is 0.667. The Morgan fingerprint density at radius 3 is 0.479 bits per heavy atom. The number of guanidine groups is 4. The van der Waals surface area contributed by atoms with Crippen LogP contribution in [0.4, 0.5) is 0 Å². The van der Waals surface area contributed by atoms with Crippen LogP contribution in [-0.2, 0) is 0 Å². The van der Waals surface area contributed by atoms with Gasteiger partial charge in [-0.15, -0.1) is 0 Å². The molecular weight excluding hydrogens is 1060 g/mol. The van der Waals surface area contributed by atoms with Gasteiger partial charge in [-0.2, -0.15) is 43.4 Å². The maximum Gasteiger partial charge on any atom is 0.722 e. The van der Waals surface area contributed by atoms with Crippen molar-refractivity contribution in [1.29, 1.82) is 0 Å². The summed E-state index contributed by atoms with van der Waals surface area (Å²) in [5.41, 5.74) is -25.4. The van der Waals surface area contributed by atoms with Gasteiger partial charge < -0.3 is 40.5 Å². The van der Waals surface area contributed by atoms with Crippen molar-refractivity contribution in [2.24, 2.45) is 20.0 Å². The summed E-state index contributed by atoms with van der Waals surface area (Å²) in [6.45, 7) is 0. The highest BCUT2D eigenvalue weighted by molar-refractivity contribution is 6.92. The second-order valence-electron chi connectivity index (χ2n) is 13.3. The van der Waals surface area contributed by atoms with Gasteiger partial charge in [0.1, 0.15) is 0 Å². The molecule has 4 heterocycles. The van der Waals surface area contributed by atoms with Crippen molar-refractivity contribution >= 4 is 30.0 Å². The highest BCUT2D eigenvalue weighted by Crippen LogP contribution is 2.64. The van der Waals surface area contributed by atoms with E-state index in [1.54, 1.807) is 0 Å². The molecule has 4 aliphatic rings. The Balaban J connectivity index is 3.25. The van der Waals surface area contributed by atoms with Gasteiger partial charge in [0, 0.05) is 0 Å². The lowest BCUT2D eigenvalue weighted by molar-refractivity contribution is -0.987. The molecule has 0 aromatic carbocycles. The smallest absolute Gasteiger partial charge is 0.390 e. The Kier molecular flexibility index (Phi) is 11.9. The first-order chi connectivity index (χ1) is 33.4. The van der Waals surface area contributed by atoms with Crippen LogP contribution in [0.2, 0.25) is 0 Å². The molecule has 0 spiro atoms. The Morgan fingerprint density at radius 1 is 0.274 bits per heavy atom. The zero-order valence-corrected chi connectivity index (χ0v) is 32.6. The SMILES string of the molecule is O=[N+]([O-])C1=NC([B-](C2(C([N+](=O)[O-])([N+](=O)[O-])[N+](=O)[O-])N=C([N+](=O)[O-])NN2)(C2(C([N+](=O)[O-])([N+](=O)[O-])[N+](=O)[O-])N=C([N+](=O)[O-])NN2)C2(C([N+](=O)[O-])([N+](=O)[O-])[N+](=O)[O-])N=C([N+](=O)[O-])NN2)(C([N+](=O)[O-])([N+](=O)[O-])[N+](=O)[O-])NN1. The third kappa shape index (κ3) is 5.52. The van der Waals surface area contributed by atoms with Crippen molar-refractivity contribution in [3.05, 3.63) is 162 Å². The van der Waals surface area contributed by atoms with Gasteiger partial charge in [0.15, 0.2) is 59.1 Å². The Labute approximate surface area is 380 Å². The number of hydrazine groups is 4. The van der Waals surface area contributed by atoms with Gasteiger partial charge in [-0.1, -0.05) is 20.0 Å². The quantitative estimate of drug-likeness (QED) is 0.0243. The maximum atomic E-state index is 13.5. The van der Waals surface area contributed by atoms with Gasteiger partial charge in [0.05, 0.1) is 0 Å². The van der Waals surface area contributed by atoms with Gasteiger partial charge in [-0.3, -0.25) is 121 Å². The molecule has 73 heavy (non-hydrogen) atoms. The van der Waals surface area contributed by atoms with Crippen molar-refractivity contribution in [1.82, 2.24) is 43.4 Å². The fourth-order valence-electron chi connectivity index (χ4n) is 8.74. The van der Waals surface area contributed by atoms with E-state index in [1.807, 2.05) is 0 Å². The monoisotopic (exact) mass is 1070 g/mol. The molecule has 0 aromatic rings. The molecule has 0 amide bonds. The van der Waals surface area contributed by atoms with Crippen LogP contribution in [0.25, 0.3) is 0 Å². The Hall–Kier alpha value is -11.8. The largest absolute Gasteiger partial charge is 0.722 e. The van der Waals surface area contributed by atoms with E-state index in [4.69, 9.17) is 0 Å². The Bertz CT molecular complexity index is 2370. The van der Waals surface area contributed by atoms with E-state index in [0.29, 0.717) is 43.4 Å². The van der Waals surface area contributed by atoms with E-state index in [1.165, 1.54) is 0 Å². The predicted molar refractivity (Wildman–Crippen MR) is 194 cm³/mol. The van der Waals surface area contributed by atoms with Crippen LogP contribution in [0.1, 0.15) is 0 Å². The first-order valence-electron chi connectivity index (χ1n) is 16.4. The second-order valence-corrected chi connectivity index (χ2v) is 13.3. The van der Waals surface area contributed by atoms with Crippen LogP contribution < -0.4 is 43.4 Å². The van der Waals surface area contributed by atoms with E-state index >= 15 is 0 Å². The number of nitrogens with one attached hydrogen (secondary N) is 8. The number of hydrogen-bond acceptors (Lipinski definition) is 44. The molecule has 8 N–H and O–H groups in total. The molecule has 0 aliphatic carbocycles. The van der Waals surface area contributed by atoms with Crippen molar-refractivity contribution < 1.29 is 78.8 Å². The van der Waals surface area contributed by atoms with Gasteiger partial charge in [-0.05, 0) is 19.7 Å². The van der Waals surface area contributed by atoms with Crippen molar-refractivity contribution in [3.63, 3.8) is 0 Å². The number of nitro groups is 16. The molecule has 0 aromatic heterocycles. The van der Waals surface area contributed by atoms with E-state index in [9.17, 15) is 162 Å².